The standard InChI is InChI=1S/C19H20BrNO/c1-2-14-6-8-15(9-7-14)19(22)13-21-11-10-17-16(12-21)4-3-5-18(17)20/h3-9H,2,10-13H2,1H3. The van der Waals surface area contributed by atoms with Crippen molar-refractivity contribution in [3.05, 3.63) is 69.2 Å². The molecule has 0 unspecified atom stereocenters. The van der Waals surface area contributed by atoms with Gasteiger partial charge in [-0.2, -0.15) is 0 Å². The van der Waals surface area contributed by atoms with Crippen LogP contribution < -0.4 is 0 Å². The van der Waals surface area contributed by atoms with Crippen molar-refractivity contribution in [1.29, 1.82) is 0 Å². The highest BCUT2D eigenvalue weighted by molar-refractivity contribution is 9.10. The van der Waals surface area contributed by atoms with E-state index >= 15 is 0 Å². The molecule has 2 nitrogen and oxygen atoms in total. The van der Waals surface area contributed by atoms with Crippen molar-refractivity contribution in [3.8, 4) is 0 Å². The lowest BCUT2D eigenvalue weighted by Gasteiger charge is -2.28. The van der Waals surface area contributed by atoms with Gasteiger partial charge in [0.25, 0.3) is 0 Å². The molecule has 3 rings (SSSR count). The predicted molar refractivity (Wildman–Crippen MR) is 93.3 cm³/mol. The van der Waals surface area contributed by atoms with Crippen molar-refractivity contribution >= 4 is 21.7 Å². The van der Waals surface area contributed by atoms with Gasteiger partial charge in [-0.1, -0.05) is 59.3 Å². The number of hydrogen-bond acceptors (Lipinski definition) is 2. The number of rotatable bonds is 4. The smallest absolute Gasteiger partial charge is 0.176 e. The molecule has 0 N–H and O–H groups in total. The van der Waals surface area contributed by atoms with E-state index in [1.807, 2.05) is 12.1 Å². The summed E-state index contributed by atoms with van der Waals surface area (Å²) in [5, 5.41) is 0. The maximum Gasteiger partial charge on any atom is 0.176 e. The summed E-state index contributed by atoms with van der Waals surface area (Å²) in [7, 11) is 0. The van der Waals surface area contributed by atoms with Crippen LogP contribution in [0.5, 0.6) is 0 Å². The van der Waals surface area contributed by atoms with Crippen molar-refractivity contribution in [2.45, 2.75) is 26.3 Å². The Balaban J connectivity index is 1.67. The van der Waals surface area contributed by atoms with Crippen molar-refractivity contribution in [2.75, 3.05) is 13.1 Å². The number of benzene rings is 2. The van der Waals surface area contributed by atoms with Crippen LogP contribution in [0.4, 0.5) is 0 Å². The molecule has 2 aromatic carbocycles. The zero-order valence-corrected chi connectivity index (χ0v) is 14.4. The largest absolute Gasteiger partial charge is 0.293 e. The Morgan fingerprint density at radius 2 is 1.95 bits per heavy atom. The van der Waals surface area contributed by atoms with Crippen LogP contribution in [0, 0.1) is 0 Å². The summed E-state index contributed by atoms with van der Waals surface area (Å²) >= 11 is 3.62. The monoisotopic (exact) mass is 357 g/mol. The molecule has 22 heavy (non-hydrogen) atoms. The van der Waals surface area contributed by atoms with Crippen molar-refractivity contribution in [2.24, 2.45) is 0 Å². The van der Waals surface area contributed by atoms with E-state index in [0.29, 0.717) is 6.54 Å². The predicted octanol–water partition coefficient (Wildman–Crippen LogP) is 4.25. The second-order valence-corrected chi connectivity index (χ2v) is 6.67. The molecule has 0 saturated carbocycles. The highest BCUT2D eigenvalue weighted by Crippen LogP contribution is 2.26. The Bertz CT molecular complexity index is 678. The van der Waals surface area contributed by atoms with Crippen LogP contribution in [-0.2, 0) is 19.4 Å². The van der Waals surface area contributed by atoms with Gasteiger partial charge >= 0.3 is 0 Å². The summed E-state index contributed by atoms with van der Waals surface area (Å²) in [6.07, 6.45) is 2.01. The van der Waals surface area contributed by atoms with E-state index in [4.69, 9.17) is 0 Å². The Kier molecular flexibility index (Phi) is 4.74. The minimum Gasteiger partial charge on any atom is -0.293 e. The number of carbonyl (C=O) groups excluding carboxylic acids is 1. The van der Waals surface area contributed by atoms with Crippen LogP contribution in [0.1, 0.15) is 34.0 Å². The second kappa shape index (κ2) is 6.76. The van der Waals surface area contributed by atoms with Gasteiger partial charge in [-0.15, -0.1) is 0 Å². The van der Waals surface area contributed by atoms with Gasteiger partial charge in [-0.05, 0) is 35.6 Å². The lowest BCUT2D eigenvalue weighted by molar-refractivity contribution is 0.0921. The van der Waals surface area contributed by atoms with E-state index < -0.39 is 0 Å². The fraction of sp³-hybridized carbons (Fsp3) is 0.316. The van der Waals surface area contributed by atoms with Gasteiger partial charge in [0.15, 0.2) is 5.78 Å². The molecule has 0 spiro atoms. The van der Waals surface area contributed by atoms with E-state index in [-0.39, 0.29) is 5.78 Å². The molecule has 0 amide bonds. The highest BCUT2D eigenvalue weighted by atomic mass is 79.9. The van der Waals surface area contributed by atoms with Crippen molar-refractivity contribution < 1.29 is 4.79 Å². The van der Waals surface area contributed by atoms with E-state index in [1.165, 1.54) is 21.2 Å². The molecule has 2 aromatic rings. The molecule has 0 aliphatic carbocycles. The van der Waals surface area contributed by atoms with E-state index in [2.05, 4.69) is 58.1 Å². The van der Waals surface area contributed by atoms with Gasteiger partial charge in [0.05, 0.1) is 6.54 Å². The van der Waals surface area contributed by atoms with Gasteiger partial charge in [-0.3, -0.25) is 9.69 Å². The minimum absolute atomic E-state index is 0.209. The van der Waals surface area contributed by atoms with Gasteiger partial charge in [0.2, 0.25) is 0 Å². The first kappa shape index (κ1) is 15.4. The minimum atomic E-state index is 0.209. The molecule has 0 bridgehead atoms. The molecular weight excluding hydrogens is 338 g/mol. The number of Topliss-reactive ketones (excluding diaryl/α,β-unsaturated/α-hetero) is 1. The summed E-state index contributed by atoms with van der Waals surface area (Å²) in [5.74, 6) is 0.209. The molecular formula is C19H20BrNO. The summed E-state index contributed by atoms with van der Waals surface area (Å²) < 4.78 is 1.19. The molecule has 0 saturated heterocycles. The van der Waals surface area contributed by atoms with Gasteiger partial charge in [-0.25, -0.2) is 0 Å². The normalized spacial score (nSPS) is 14.6. The first-order valence-electron chi connectivity index (χ1n) is 7.78. The Labute approximate surface area is 140 Å². The molecule has 3 heteroatoms. The van der Waals surface area contributed by atoms with Crippen LogP contribution in [0.15, 0.2) is 46.9 Å². The lowest BCUT2D eigenvalue weighted by Crippen LogP contribution is -2.35. The quantitative estimate of drug-likeness (QED) is 0.762. The number of aryl methyl sites for hydroxylation is 1. The number of halogens is 1. The number of carbonyl (C=O) groups is 1. The molecule has 0 aromatic heterocycles. The van der Waals surface area contributed by atoms with Crippen LogP contribution in [0.25, 0.3) is 0 Å². The van der Waals surface area contributed by atoms with Crippen molar-refractivity contribution in [1.82, 2.24) is 4.90 Å². The van der Waals surface area contributed by atoms with Crippen LogP contribution in [0.2, 0.25) is 0 Å². The molecule has 0 fully saturated rings. The SMILES string of the molecule is CCc1ccc(C(=O)CN2CCc3c(Br)cccc3C2)cc1. The highest BCUT2D eigenvalue weighted by Gasteiger charge is 2.20. The van der Waals surface area contributed by atoms with Gasteiger partial charge < -0.3 is 0 Å². The molecule has 114 valence electrons. The molecule has 0 atom stereocenters. The maximum absolute atomic E-state index is 12.4. The Morgan fingerprint density at radius 1 is 1.18 bits per heavy atom. The van der Waals surface area contributed by atoms with Gasteiger partial charge in [0, 0.05) is 23.1 Å². The van der Waals surface area contributed by atoms with E-state index in [9.17, 15) is 4.79 Å². The fourth-order valence-electron chi connectivity index (χ4n) is 2.98. The summed E-state index contributed by atoms with van der Waals surface area (Å²) in [5.41, 5.74) is 4.80. The molecule has 1 heterocycles. The maximum atomic E-state index is 12.4. The fourth-order valence-corrected chi connectivity index (χ4v) is 3.58. The van der Waals surface area contributed by atoms with E-state index in [0.717, 1.165) is 31.5 Å². The lowest BCUT2D eigenvalue weighted by atomic mass is 9.99. The first-order chi connectivity index (χ1) is 10.7. The average Bonchev–Trinajstić information content (AvgIpc) is 2.55. The second-order valence-electron chi connectivity index (χ2n) is 5.81. The van der Waals surface area contributed by atoms with Crippen LogP contribution in [0.3, 0.4) is 0 Å². The van der Waals surface area contributed by atoms with Crippen LogP contribution in [-0.4, -0.2) is 23.8 Å². The third-order valence-corrected chi connectivity index (χ3v) is 5.08. The topological polar surface area (TPSA) is 20.3 Å². The van der Waals surface area contributed by atoms with Crippen LogP contribution >= 0.6 is 15.9 Å². The third kappa shape index (κ3) is 3.31. The summed E-state index contributed by atoms with van der Waals surface area (Å²) in [6.45, 7) is 4.42. The number of fused-ring (bicyclic) bond motifs is 1. The first-order valence-corrected chi connectivity index (χ1v) is 8.57. The summed E-state index contributed by atoms with van der Waals surface area (Å²) in [6, 6.07) is 14.3. The molecule has 1 aliphatic heterocycles. The third-order valence-electron chi connectivity index (χ3n) is 4.34. The van der Waals surface area contributed by atoms with Crippen molar-refractivity contribution in [3.63, 3.8) is 0 Å². The molecule has 0 radical (unpaired) electrons. The molecule has 1 aliphatic rings. The zero-order chi connectivity index (χ0) is 15.5. The zero-order valence-electron chi connectivity index (χ0n) is 12.8. The summed E-state index contributed by atoms with van der Waals surface area (Å²) in [4.78, 5) is 14.7. The number of hydrogen-bond donors (Lipinski definition) is 0. The number of ketones is 1. The van der Waals surface area contributed by atoms with E-state index in [1.54, 1.807) is 0 Å². The Morgan fingerprint density at radius 3 is 2.68 bits per heavy atom. The Hall–Kier alpha value is -1.45. The average molecular weight is 358 g/mol. The van der Waals surface area contributed by atoms with Gasteiger partial charge in [0.1, 0.15) is 0 Å². The number of nitrogens with zero attached hydrogens (tertiary/aromatic N) is 1.